The van der Waals surface area contributed by atoms with E-state index in [1.54, 1.807) is 0 Å². The molecule has 0 saturated heterocycles. The summed E-state index contributed by atoms with van der Waals surface area (Å²) in [5.41, 5.74) is 10.2. The predicted molar refractivity (Wildman–Crippen MR) is 87.5 cm³/mol. The van der Waals surface area contributed by atoms with Crippen LogP contribution >= 0.6 is 0 Å². The Labute approximate surface area is 125 Å². The van der Waals surface area contributed by atoms with Crippen LogP contribution in [0.5, 0.6) is 5.75 Å². The zero-order valence-corrected chi connectivity index (χ0v) is 12.5. The Bertz CT molecular complexity index is 774. The second kappa shape index (κ2) is 5.52. The number of anilines is 1. The van der Waals surface area contributed by atoms with Gasteiger partial charge in [-0.25, -0.2) is 0 Å². The number of rotatable bonds is 4. The van der Waals surface area contributed by atoms with Gasteiger partial charge in [-0.2, -0.15) is 0 Å². The summed E-state index contributed by atoms with van der Waals surface area (Å²) >= 11 is 0. The first-order valence-corrected chi connectivity index (χ1v) is 7.24. The molecule has 0 bridgehead atoms. The van der Waals surface area contributed by atoms with Crippen molar-refractivity contribution in [2.75, 3.05) is 5.73 Å². The largest absolute Gasteiger partial charge is 0.487 e. The van der Waals surface area contributed by atoms with Crippen molar-refractivity contribution >= 4 is 16.6 Å². The van der Waals surface area contributed by atoms with E-state index in [2.05, 4.69) is 42.7 Å². The van der Waals surface area contributed by atoms with E-state index in [9.17, 15) is 0 Å². The van der Waals surface area contributed by atoms with E-state index in [0.717, 1.165) is 18.0 Å². The normalized spacial score (nSPS) is 11.0. The van der Waals surface area contributed by atoms with Gasteiger partial charge in [-0.3, -0.25) is 0 Å². The van der Waals surface area contributed by atoms with Crippen molar-refractivity contribution in [1.29, 1.82) is 0 Å². The smallest absolute Gasteiger partial charge is 0.128 e. The van der Waals surface area contributed by atoms with Crippen LogP contribution in [0.4, 0.5) is 5.69 Å². The predicted octanol–water partition coefficient (Wildman–Crippen LogP) is 4.13. The van der Waals surface area contributed by atoms with Gasteiger partial charge in [-0.05, 0) is 55.8 Å². The number of nitrogens with zero attached hydrogens (tertiary/aromatic N) is 1. The van der Waals surface area contributed by atoms with E-state index in [4.69, 9.17) is 10.5 Å². The highest BCUT2D eigenvalue weighted by Crippen LogP contribution is 2.24. The van der Waals surface area contributed by atoms with Gasteiger partial charge in [0.05, 0.1) is 5.69 Å². The summed E-state index contributed by atoms with van der Waals surface area (Å²) in [6, 6.07) is 16.3. The van der Waals surface area contributed by atoms with Crippen molar-refractivity contribution in [3.05, 3.63) is 59.8 Å². The highest BCUT2D eigenvalue weighted by Gasteiger charge is 2.08. The number of aromatic nitrogens is 1. The Hall–Kier alpha value is -2.42. The number of aryl methyl sites for hydroxylation is 2. The second-order valence-electron chi connectivity index (χ2n) is 5.30. The monoisotopic (exact) mass is 280 g/mol. The minimum Gasteiger partial charge on any atom is -0.487 e. The molecule has 1 heterocycles. The summed E-state index contributed by atoms with van der Waals surface area (Å²) in [4.78, 5) is 0. The number of benzene rings is 2. The summed E-state index contributed by atoms with van der Waals surface area (Å²) in [5.74, 6) is 0.905. The maximum Gasteiger partial charge on any atom is 0.128 e. The number of nitrogen functional groups attached to an aromatic ring is 1. The van der Waals surface area contributed by atoms with E-state index in [1.807, 2.05) is 24.3 Å². The van der Waals surface area contributed by atoms with Crippen molar-refractivity contribution in [1.82, 2.24) is 4.57 Å². The molecule has 0 amide bonds. The Morgan fingerprint density at radius 1 is 1.10 bits per heavy atom. The van der Waals surface area contributed by atoms with E-state index in [-0.39, 0.29) is 0 Å². The van der Waals surface area contributed by atoms with Crippen LogP contribution in [0.25, 0.3) is 10.9 Å². The summed E-state index contributed by atoms with van der Waals surface area (Å²) in [5, 5.41) is 1.17. The van der Waals surface area contributed by atoms with E-state index < -0.39 is 0 Å². The highest BCUT2D eigenvalue weighted by atomic mass is 16.5. The van der Waals surface area contributed by atoms with Crippen molar-refractivity contribution in [2.24, 2.45) is 0 Å². The van der Waals surface area contributed by atoms with Gasteiger partial charge in [-0.1, -0.05) is 12.1 Å². The fraction of sp³-hybridized carbons (Fsp3) is 0.222. The Morgan fingerprint density at radius 2 is 1.95 bits per heavy atom. The fourth-order valence-electron chi connectivity index (χ4n) is 2.70. The Kier molecular flexibility index (Phi) is 3.57. The lowest BCUT2D eigenvalue weighted by Gasteiger charge is -2.10. The molecule has 0 saturated carbocycles. The van der Waals surface area contributed by atoms with Crippen molar-refractivity contribution in [2.45, 2.75) is 27.0 Å². The van der Waals surface area contributed by atoms with Gasteiger partial charge < -0.3 is 15.0 Å². The van der Waals surface area contributed by atoms with Crippen LogP contribution in [0, 0.1) is 6.92 Å². The number of hydrogen-bond acceptors (Lipinski definition) is 2. The third-order valence-corrected chi connectivity index (χ3v) is 3.70. The van der Waals surface area contributed by atoms with Crippen LogP contribution < -0.4 is 10.5 Å². The number of nitrogens with two attached hydrogens (primary N) is 1. The van der Waals surface area contributed by atoms with Gasteiger partial charge >= 0.3 is 0 Å². The quantitative estimate of drug-likeness (QED) is 0.730. The summed E-state index contributed by atoms with van der Waals surface area (Å²) in [7, 11) is 0. The van der Waals surface area contributed by atoms with Gasteiger partial charge in [-0.15, -0.1) is 0 Å². The molecular formula is C18H20N2O. The minimum atomic E-state index is 0.561. The van der Waals surface area contributed by atoms with Crippen LogP contribution in [0.15, 0.2) is 48.5 Å². The topological polar surface area (TPSA) is 40.2 Å². The molecule has 2 N–H and O–H groups in total. The number of ether oxygens (including phenoxy) is 1. The molecule has 0 aliphatic carbocycles. The molecule has 0 fully saturated rings. The van der Waals surface area contributed by atoms with Gasteiger partial charge in [0.25, 0.3) is 0 Å². The molecule has 3 aromatic rings. The van der Waals surface area contributed by atoms with Crippen molar-refractivity contribution in [3.63, 3.8) is 0 Å². The zero-order valence-electron chi connectivity index (χ0n) is 12.5. The lowest BCUT2D eigenvalue weighted by Crippen LogP contribution is -2.04. The van der Waals surface area contributed by atoms with E-state index >= 15 is 0 Å². The van der Waals surface area contributed by atoms with Gasteiger partial charge in [0.1, 0.15) is 12.4 Å². The molecule has 0 spiro atoms. The van der Waals surface area contributed by atoms with E-state index in [1.165, 1.54) is 22.2 Å². The first-order chi connectivity index (χ1) is 10.2. The molecule has 0 unspecified atom stereocenters. The Balaban J connectivity index is 1.89. The standard InChI is InChI=1S/C18H20N2O/c1-3-20-16(11-14-10-15(19)7-8-18(14)20)12-21-17-6-4-5-13(2)9-17/h4-11H,3,12,19H2,1-2H3. The van der Waals surface area contributed by atoms with Crippen LogP contribution in [0.3, 0.4) is 0 Å². The van der Waals surface area contributed by atoms with Crippen LogP contribution in [-0.4, -0.2) is 4.57 Å². The SMILES string of the molecule is CCn1c(COc2cccc(C)c2)cc2cc(N)ccc21. The summed E-state index contributed by atoms with van der Waals surface area (Å²) < 4.78 is 8.19. The highest BCUT2D eigenvalue weighted by molar-refractivity contribution is 5.84. The zero-order chi connectivity index (χ0) is 14.8. The molecule has 2 aromatic carbocycles. The maximum absolute atomic E-state index is 5.92. The average Bonchev–Trinajstić information content (AvgIpc) is 2.81. The number of hydrogen-bond donors (Lipinski definition) is 1. The molecule has 1 aromatic heterocycles. The number of fused-ring (bicyclic) bond motifs is 1. The van der Waals surface area contributed by atoms with Gasteiger partial charge in [0.2, 0.25) is 0 Å². The van der Waals surface area contributed by atoms with Gasteiger partial charge in [0, 0.05) is 23.1 Å². The molecule has 0 aliphatic rings. The van der Waals surface area contributed by atoms with Crippen LogP contribution in [0.1, 0.15) is 18.2 Å². The van der Waals surface area contributed by atoms with Crippen molar-refractivity contribution < 1.29 is 4.74 Å². The molecule has 3 rings (SSSR count). The molecule has 0 radical (unpaired) electrons. The molecule has 3 nitrogen and oxygen atoms in total. The minimum absolute atomic E-state index is 0.561. The lowest BCUT2D eigenvalue weighted by atomic mass is 10.2. The third-order valence-electron chi connectivity index (χ3n) is 3.70. The molecule has 0 aliphatic heterocycles. The Morgan fingerprint density at radius 3 is 2.71 bits per heavy atom. The molecule has 21 heavy (non-hydrogen) atoms. The van der Waals surface area contributed by atoms with Crippen molar-refractivity contribution in [3.8, 4) is 5.75 Å². The van der Waals surface area contributed by atoms with Crippen LogP contribution in [-0.2, 0) is 13.2 Å². The van der Waals surface area contributed by atoms with Gasteiger partial charge in [0.15, 0.2) is 0 Å². The summed E-state index contributed by atoms with van der Waals surface area (Å²) in [6.45, 7) is 5.69. The molecular weight excluding hydrogens is 260 g/mol. The third kappa shape index (κ3) is 2.72. The van der Waals surface area contributed by atoms with E-state index in [0.29, 0.717) is 6.61 Å². The fourth-order valence-corrected chi connectivity index (χ4v) is 2.70. The first kappa shape index (κ1) is 13.6. The summed E-state index contributed by atoms with van der Waals surface area (Å²) in [6.07, 6.45) is 0. The maximum atomic E-state index is 5.92. The second-order valence-corrected chi connectivity index (χ2v) is 5.30. The average molecular weight is 280 g/mol. The molecule has 3 heteroatoms. The van der Waals surface area contributed by atoms with Crippen LogP contribution in [0.2, 0.25) is 0 Å². The first-order valence-electron chi connectivity index (χ1n) is 7.24. The lowest BCUT2D eigenvalue weighted by molar-refractivity contribution is 0.296. The molecule has 0 atom stereocenters. The molecule has 108 valence electrons.